The van der Waals surface area contributed by atoms with Crippen molar-refractivity contribution in [3.63, 3.8) is 0 Å². The second-order valence-corrected chi connectivity index (χ2v) is 6.85. The molecule has 2 aliphatic rings. The molecule has 1 aromatic rings. The van der Waals surface area contributed by atoms with Crippen LogP contribution < -0.4 is 0 Å². The summed E-state index contributed by atoms with van der Waals surface area (Å²) in [6, 6.07) is 11.8. The highest BCUT2D eigenvalue weighted by Gasteiger charge is 2.29. The van der Waals surface area contributed by atoms with Gasteiger partial charge in [0.1, 0.15) is 0 Å². The van der Waals surface area contributed by atoms with E-state index in [1.54, 1.807) is 0 Å². The number of benzene rings is 1. The summed E-state index contributed by atoms with van der Waals surface area (Å²) in [6.07, 6.45) is 4.24. The first-order chi connectivity index (χ1) is 9.86. The van der Waals surface area contributed by atoms with Gasteiger partial charge in [-0.05, 0) is 24.9 Å². The molecule has 0 amide bonds. The summed E-state index contributed by atoms with van der Waals surface area (Å²) >= 11 is 3.71. The topological polar surface area (TPSA) is 6.48 Å². The number of alkyl halides is 1. The lowest BCUT2D eigenvalue weighted by Crippen LogP contribution is -2.55. The van der Waals surface area contributed by atoms with Crippen LogP contribution in [0.5, 0.6) is 0 Å². The summed E-state index contributed by atoms with van der Waals surface area (Å²) in [5.74, 6) is 0.617. The van der Waals surface area contributed by atoms with Crippen LogP contribution in [-0.4, -0.2) is 53.9 Å². The first-order valence-electron chi connectivity index (χ1n) is 7.94. The van der Waals surface area contributed by atoms with Gasteiger partial charge in [-0.2, -0.15) is 0 Å². The van der Waals surface area contributed by atoms with Crippen LogP contribution in [0.3, 0.4) is 0 Å². The number of piperazine rings is 1. The molecule has 0 N–H and O–H groups in total. The highest BCUT2D eigenvalue weighted by atomic mass is 79.9. The van der Waals surface area contributed by atoms with Crippen LogP contribution in [-0.2, 0) is 0 Å². The molecular weight excluding hydrogens is 312 g/mol. The van der Waals surface area contributed by atoms with Crippen molar-refractivity contribution in [1.29, 1.82) is 0 Å². The van der Waals surface area contributed by atoms with Gasteiger partial charge in [0.05, 0.1) is 0 Å². The molecule has 2 heterocycles. The Bertz CT molecular complexity index is 409. The molecule has 20 heavy (non-hydrogen) atoms. The third-order valence-corrected chi connectivity index (χ3v) is 5.64. The molecule has 3 rings (SSSR count). The van der Waals surface area contributed by atoms with E-state index in [-0.39, 0.29) is 0 Å². The van der Waals surface area contributed by atoms with Crippen LogP contribution in [0.2, 0.25) is 0 Å². The largest absolute Gasteiger partial charge is 0.300 e. The fraction of sp³-hybridized carbons (Fsp3) is 0.647. The van der Waals surface area contributed by atoms with E-state index in [4.69, 9.17) is 0 Å². The molecule has 2 fully saturated rings. The van der Waals surface area contributed by atoms with Crippen LogP contribution in [0.15, 0.2) is 30.3 Å². The van der Waals surface area contributed by atoms with Gasteiger partial charge in [0, 0.05) is 43.5 Å². The van der Waals surface area contributed by atoms with Crippen molar-refractivity contribution in [3.05, 3.63) is 35.9 Å². The van der Waals surface area contributed by atoms with E-state index < -0.39 is 0 Å². The maximum absolute atomic E-state index is 3.71. The number of rotatable bonds is 4. The predicted molar refractivity (Wildman–Crippen MR) is 88.6 cm³/mol. The van der Waals surface area contributed by atoms with Gasteiger partial charge in [-0.25, -0.2) is 0 Å². The van der Waals surface area contributed by atoms with Gasteiger partial charge < -0.3 is 0 Å². The maximum Gasteiger partial charge on any atom is 0.0223 e. The van der Waals surface area contributed by atoms with Crippen LogP contribution in [0.25, 0.3) is 0 Å². The highest BCUT2D eigenvalue weighted by molar-refractivity contribution is 9.09. The third-order valence-electron chi connectivity index (χ3n) is 4.86. The molecule has 0 spiro atoms. The van der Waals surface area contributed by atoms with E-state index in [9.17, 15) is 0 Å². The summed E-state index contributed by atoms with van der Waals surface area (Å²) in [6.45, 7) is 6.32. The summed E-state index contributed by atoms with van der Waals surface area (Å²) in [5, 5.41) is 1.06. The van der Waals surface area contributed by atoms with E-state index in [0.717, 1.165) is 11.4 Å². The SMILES string of the molecule is BrCC(CN1CCN2CCCCC2C1)c1ccccc1. The van der Waals surface area contributed by atoms with Gasteiger partial charge in [0.15, 0.2) is 0 Å². The van der Waals surface area contributed by atoms with Crippen molar-refractivity contribution in [2.75, 3.05) is 38.1 Å². The Morgan fingerprint density at radius 2 is 1.95 bits per heavy atom. The van der Waals surface area contributed by atoms with Crippen LogP contribution in [0.1, 0.15) is 30.7 Å². The Balaban J connectivity index is 1.59. The first kappa shape index (κ1) is 14.6. The molecule has 2 unspecified atom stereocenters. The zero-order valence-electron chi connectivity index (χ0n) is 12.2. The minimum absolute atomic E-state index is 0.617. The molecule has 0 bridgehead atoms. The van der Waals surface area contributed by atoms with E-state index >= 15 is 0 Å². The Morgan fingerprint density at radius 3 is 2.75 bits per heavy atom. The number of fused-ring (bicyclic) bond motifs is 1. The minimum atomic E-state index is 0.617. The second kappa shape index (κ2) is 7.06. The predicted octanol–water partition coefficient (Wildman–Crippen LogP) is 3.34. The van der Waals surface area contributed by atoms with Gasteiger partial charge in [-0.15, -0.1) is 0 Å². The molecule has 2 saturated heterocycles. The van der Waals surface area contributed by atoms with E-state index in [1.807, 2.05) is 0 Å². The van der Waals surface area contributed by atoms with Crippen LogP contribution in [0.4, 0.5) is 0 Å². The number of piperidine rings is 1. The van der Waals surface area contributed by atoms with Gasteiger partial charge in [-0.1, -0.05) is 52.7 Å². The Hall–Kier alpha value is -0.380. The molecular formula is C17H25BrN2. The second-order valence-electron chi connectivity index (χ2n) is 6.21. The van der Waals surface area contributed by atoms with Gasteiger partial charge >= 0.3 is 0 Å². The number of nitrogens with zero attached hydrogens (tertiary/aromatic N) is 2. The highest BCUT2D eigenvalue weighted by Crippen LogP contribution is 2.24. The number of hydrogen-bond acceptors (Lipinski definition) is 2. The molecule has 0 aliphatic carbocycles. The van der Waals surface area contributed by atoms with Crippen molar-refractivity contribution < 1.29 is 0 Å². The average Bonchev–Trinajstić information content (AvgIpc) is 2.53. The van der Waals surface area contributed by atoms with Crippen molar-refractivity contribution in [3.8, 4) is 0 Å². The molecule has 0 aromatic heterocycles. The molecule has 2 aliphatic heterocycles. The fourth-order valence-corrected chi connectivity index (χ4v) is 4.24. The summed E-state index contributed by atoms with van der Waals surface area (Å²) in [4.78, 5) is 5.40. The maximum atomic E-state index is 3.71. The monoisotopic (exact) mass is 336 g/mol. The summed E-state index contributed by atoms with van der Waals surface area (Å²) < 4.78 is 0. The van der Waals surface area contributed by atoms with Gasteiger partial charge in [0.2, 0.25) is 0 Å². The van der Waals surface area contributed by atoms with Crippen LogP contribution >= 0.6 is 15.9 Å². The Morgan fingerprint density at radius 1 is 1.10 bits per heavy atom. The van der Waals surface area contributed by atoms with Crippen LogP contribution in [0, 0.1) is 0 Å². The number of hydrogen-bond donors (Lipinski definition) is 0. The van der Waals surface area contributed by atoms with Crippen molar-refractivity contribution in [2.24, 2.45) is 0 Å². The fourth-order valence-electron chi connectivity index (χ4n) is 3.67. The number of halogens is 1. The third kappa shape index (κ3) is 3.44. The molecule has 1 aromatic carbocycles. The lowest BCUT2D eigenvalue weighted by molar-refractivity contribution is 0.0474. The van der Waals surface area contributed by atoms with E-state index in [1.165, 1.54) is 57.5 Å². The van der Waals surface area contributed by atoms with Gasteiger partial charge in [-0.3, -0.25) is 9.80 Å². The Labute approximate surface area is 131 Å². The molecule has 0 radical (unpaired) electrons. The van der Waals surface area contributed by atoms with E-state index in [0.29, 0.717) is 5.92 Å². The lowest BCUT2D eigenvalue weighted by Gasteiger charge is -2.44. The molecule has 2 atom stereocenters. The minimum Gasteiger partial charge on any atom is -0.300 e. The molecule has 3 heteroatoms. The average molecular weight is 337 g/mol. The standard InChI is InChI=1S/C17H25BrN2/c18-12-16(15-6-2-1-3-7-15)13-19-10-11-20-9-5-4-8-17(20)14-19/h1-3,6-7,16-17H,4-5,8-14H2. The Kier molecular flexibility index (Phi) is 5.14. The molecule has 110 valence electrons. The first-order valence-corrected chi connectivity index (χ1v) is 9.06. The van der Waals surface area contributed by atoms with Crippen molar-refractivity contribution in [1.82, 2.24) is 9.80 Å². The smallest absolute Gasteiger partial charge is 0.0223 e. The normalized spacial score (nSPS) is 26.1. The molecule has 2 nitrogen and oxygen atoms in total. The van der Waals surface area contributed by atoms with E-state index in [2.05, 4.69) is 56.1 Å². The zero-order chi connectivity index (χ0) is 13.8. The van der Waals surface area contributed by atoms with Crippen molar-refractivity contribution in [2.45, 2.75) is 31.2 Å². The quantitative estimate of drug-likeness (QED) is 0.778. The van der Waals surface area contributed by atoms with Gasteiger partial charge in [0.25, 0.3) is 0 Å². The molecule has 0 saturated carbocycles. The summed E-state index contributed by atoms with van der Waals surface area (Å²) in [5.41, 5.74) is 1.47. The van der Waals surface area contributed by atoms with Crippen molar-refractivity contribution >= 4 is 15.9 Å². The zero-order valence-corrected chi connectivity index (χ0v) is 13.8. The summed E-state index contributed by atoms with van der Waals surface area (Å²) in [7, 11) is 0. The lowest BCUT2D eigenvalue weighted by atomic mass is 9.97.